The second-order valence-corrected chi connectivity index (χ2v) is 9.26. The third-order valence-electron chi connectivity index (χ3n) is 6.60. The molecule has 0 saturated carbocycles. The van der Waals surface area contributed by atoms with E-state index < -0.39 is 5.92 Å². The maximum Gasteiger partial charge on any atom is 0.318 e. The topological polar surface area (TPSA) is 81.9 Å². The summed E-state index contributed by atoms with van der Waals surface area (Å²) < 4.78 is 12.2. The molecule has 0 aliphatic carbocycles. The number of ketones is 1. The van der Waals surface area contributed by atoms with Crippen LogP contribution >= 0.6 is 0 Å². The van der Waals surface area contributed by atoms with Crippen molar-refractivity contribution in [3.63, 3.8) is 0 Å². The lowest BCUT2D eigenvalue weighted by atomic mass is 9.87. The molecule has 2 aromatic carbocycles. The Morgan fingerprint density at radius 1 is 1.06 bits per heavy atom. The molecule has 2 aromatic rings. The highest BCUT2D eigenvalue weighted by atomic mass is 16.5. The Labute approximate surface area is 209 Å². The maximum atomic E-state index is 13.9. The first-order chi connectivity index (χ1) is 17.0. The number of nitrogen functional groups attached to an aromatic ring is 1. The van der Waals surface area contributed by atoms with Gasteiger partial charge in [0.25, 0.3) is 0 Å². The molecule has 0 amide bonds. The average molecular weight is 481 g/mol. The number of fused-ring (bicyclic) bond motifs is 1. The molecule has 0 saturated heterocycles. The van der Waals surface area contributed by atoms with Gasteiger partial charge in [0.05, 0.1) is 17.2 Å². The summed E-state index contributed by atoms with van der Waals surface area (Å²) in [6.45, 7) is 10.3. The van der Waals surface area contributed by atoms with Crippen LogP contribution < -0.4 is 15.2 Å². The van der Waals surface area contributed by atoms with Gasteiger partial charge in [0, 0.05) is 30.3 Å². The van der Waals surface area contributed by atoms with Crippen molar-refractivity contribution in [2.24, 2.45) is 0 Å². The number of carbonyl (C=O) groups excluding carboxylic acids is 2. The summed E-state index contributed by atoms with van der Waals surface area (Å²) in [4.78, 5) is 29.0. The number of unbranched alkanes of at least 4 members (excludes halogenated alkanes) is 2. The Bertz CT molecular complexity index is 997. The number of hydrogen-bond acceptors (Lipinski definition) is 6. The maximum absolute atomic E-state index is 13.9. The highest BCUT2D eigenvalue weighted by Crippen LogP contribution is 2.47. The molecule has 35 heavy (non-hydrogen) atoms. The fraction of sp³-hybridized carbons (Fsp3) is 0.517. The van der Waals surface area contributed by atoms with Crippen molar-refractivity contribution in [3.05, 3.63) is 53.1 Å². The van der Waals surface area contributed by atoms with Crippen LogP contribution in [-0.2, 0) is 4.79 Å². The standard InChI is InChI=1S/C29H40N2O4/c1-5-9-17-31(18-10-6-2)24(8-4)35-28-22(30)19-23-25(21(14-7-3)29(33)34-23)26(28)27(32)20-15-12-11-13-16-20/h11-13,15-16,19,21,24H,5-10,14,17-18,30H2,1-4H3. The van der Waals surface area contributed by atoms with E-state index in [1.807, 2.05) is 25.1 Å². The summed E-state index contributed by atoms with van der Waals surface area (Å²) in [5.74, 6) is -0.301. The van der Waals surface area contributed by atoms with E-state index in [9.17, 15) is 9.59 Å². The molecule has 0 aromatic heterocycles. The number of ether oxygens (including phenoxy) is 2. The van der Waals surface area contributed by atoms with Gasteiger partial charge in [0.2, 0.25) is 0 Å². The highest BCUT2D eigenvalue weighted by molar-refractivity contribution is 6.14. The van der Waals surface area contributed by atoms with E-state index in [0.29, 0.717) is 40.3 Å². The van der Waals surface area contributed by atoms with Crippen molar-refractivity contribution >= 4 is 17.4 Å². The van der Waals surface area contributed by atoms with Gasteiger partial charge in [-0.1, -0.05) is 77.3 Å². The SMILES string of the molecule is CCCCN(CCCC)C(CC)Oc1c(N)cc2c(c1C(=O)c1ccccc1)C(CCC)C(=O)O2. The largest absolute Gasteiger partial charge is 0.472 e. The molecule has 0 bridgehead atoms. The smallest absolute Gasteiger partial charge is 0.318 e. The van der Waals surface area contributed by atoms with E-state index in [2.05, 4.69) is 25.7 Å². The third-order valence-corrected chi connectivity index (χ3v) is 6.60. The molecule has 1 heterocycles. The van der Waals surface area contributed by atoms with E-state index in [-0.39, 0.29) is 18.0 Å². The molecule has 0 spiro atoms. The fourth-order valence-corrected chi connectivity index (χ4v) is 4.71. The van der Waals surface area contributed by atoms with Gasteiger partial charge in [-0.15, -0.1) is 0 Å². The fourth-order valence-electron chi connectivity index (χ4n) is 4.71. The number of anilines is 1. The molecule has 2 N–H and O–H groups in total. The van der Waals surface area contributed by atoms with E-state index in [4.69, 9.17) is 15.2 Å². The Balaban J connectivity index is 2.13. The third kappa shape index (κ3) is 6.04. The number of esters is 1. The summed E-state index contributed by atoms with van der Waals surface area (Å²) in [6, 6.07) is 10.7. The molecular weight excluding hydrogens is 440 g/mol. The molecule has 0 fully saturated rings. The van der Waals surface area contributed by atoms with E-state index >= 15 is 0 Å². The van der Waals surface area contributed by atoms with Crippen LogP contribution in [0.25, 0.3) is 0 Å². The van der Waals surface area contributed by atoms with Crippen LogP contribution in [0.1, 0.15) is 100 Å². The quantitative estimate of drug-likeness (QED) is 0.112. The van der Waals surface area contributed by atoms with Crippen LogP contribution in [0.15, 0.2) is 36.4 Å². The minimum Gasteiger partial charge on any atom is -0.472 e. The lowest BCUT2D eigenvalue weighted by Gasteiger charge is -2.32. The summed E-state index contributed by atoms with van der Waals surface area (Å²) in [5, 5.41) is 0. The van der Waals surface area contributed by atoms with Crippen molar-refractivity contribution < 1.29 is 19.1 Å². The summed E-state index contributed by atoms with van der Waals surface area (Å²) in [6.07, 6.45) is 6.24. The van der Waals surface area contributed by atoms with Gasteiger partial charge >= 0.3 is 5.97 Å². The Morgan fingerprint density at radius 2 is 1.71 bits per heavy atom. The molecule has 2 unspecified atom stereocenters. The van der Waals surface area contributed by atoms with Crippen molar-refractivity contribution in [1.29, 1.82) is 0 Å². The van der Waals surface area contributed by atoms with Gasteiger partial charge in [0.15, 0.2) is 17.8 Å². The van der Waals surface area contributed by atoms with E-state index in [1.54, 1.807) is 18.2 Å². The zero-order chi connectivity index (χ0) is 25.4. The predicted molar refractivity (Wildman–Crippen MR) is 140 cm³/mol. The predicted octanol–water partition coefficient (Wildman–Crippen LogP) is 6.32. The number of carbonyl (C=O) groups is 2. The van der Waals surface area contributed by atoms with Crippen molar-refractivity contribution in [3.8, 4) is 11.5 Å². The zero-order valence-electron chi connectivity index (χ0n) is 21.6. The van der Waals surface area contributed by atoms with Gasteiger partial charge in [-0.25, -0.2) is 0 Å². The van der Waals surface area contributed by atoms with Crippen LogP contribution in [0.2, 0.25) is 0 Å². The number of nitrogens with zero attached hydrogens (tertiary/aromatic N) is 1. The first kappa shape index (κ1) is 26.7. The normalized spacial score (nSPS) is 15.7. The lowest BCUT2D eigenvalue weighted by Crippen LogP contribution is -2.41. The number of hydrogen-bond donors (Lipinski definition) is 1. The summed E-state index contributed by atoms with van der Waals surface area (Å²) >= 11 is 0. The molecule has 6 heteroatoms. The van der Waals surface area contributed by atoms with Crippen LogP contribution in [0.5, 0.6) is 11.5 Å². The number of benzene rings is 2. The van der Waals surface area contributed by atoms with Crippen molar-refractivity contribution in [2.45, 2.75) is 84.8 Å². The minimum atomic E-state index is -0.503. The van der Waals surface area contributed by atoms with Gasteiger partial charge in [-0.2, -0.15) is 0 Å². The summed E-state index contributed by atoms with van der Waals surface area (Å²) in [5.41, 5.74) is 8.31. The summed E-state index contributed by atoms with van der Waals surface area (Å²) in [7, 11) is 0. The molecule has 0 radical (unpaired) electrons. The molecule has 1 aliphatic rings. The molecule has 1 aliphatic heterocycles. The van der Waals surface area contributed by atoms with Crippen LogP contribution in [0.3, 0.4) is 0 Å². The lowest BCUT2D eigenvalue weighted by molar-refractivity contribution is -0.134. The molecule has 2 atom stereocenters. The van der Waals surface area contributed by atoms with Gasteiger partial charge < -0.3 is 15.2 Å². The Hall–Kier alpha value is -2.86. The van der Waals surface area contributed by atoms with Gasteiger partial charge in [-0.3, -0.25) is 14.5 Å². The van der Waals surface area contributed by atoms with Crippen molar-refractivity contribution in [1.82, 2.24) is 4.90 Å². The molecular formula is C29H40N2O4. The van der Waals surface area contributed by atoms with Crippen molar-refractivity contribution in [2.75, 3.05) is 18.8 Å². The second-order valence-electron chi connectivity index (χ2n) is 9.26. The Morgan fingerprint density at radius 3 is 2.29 bits per heavy atom. The number of rotatable bonds is 14. The van der Waals surface area contributed by atoms with Crippen LogP contribution in [-0.4, -0.2) is 36.0 Å². The second kappa shape index (κ2) is 12.7. The van der Waals surface area contributed by atoms with Crippen LogP contribution in [0, 0.1) is 0 Å². The average Bonchev–Trinajstić information content (AvgIpc) is 3.17. The van der Waals surface area contributed by atoms with Crippen LogP contribution in [0.4, 0.5) is 5.69 Å². The first-order valence-electron chi connectivity index (χ1n) is 13.1. The monoisotopic (exact) mass is 480 g/mol. The van der Waals surface area contributed by atoms with Gasteiger partial charge in [-0.05, 0) is 25.7 Å². The molecule has 3 rings (SSSR count). The molecule has 190 valence electrons. The minimum absolute atomic E-state index is 0.202. The molecule has 6 nitrogen and oxygen atoms in total. The first-order valence-corrected chi connectivity index (χ1v) is 13.1. The van der Waals surface area contributed by atoms with E-state index in [1.165, 1.54) is 0 Å². The highest BCUT2D eigenvalue weighted by Gasteiger charge is 2.40. The number of nitrogens with two attached hydrogens (primary N) is 1. The zero-order valence-corrected chi connectivity index (χ0v) is 21.6. The Kier molecular flexibility index (Phi) is 9.73. The van der Waals surface area contributed by atoms with E-state index in [0.717, 1.165) is 51.6 Å². The van der Waals surface area contributed by atoms with Gasteiger partial charge in [0.1, 0.15) is 5.75 Å².